The molecule has 0 aliphatic rings. The lowest BCUT2D eigenvalue weighted by Crippen LogP contribution is -2.08. The van der Waals surface area contributed by atoms with Crippen molar-refractivity contribution in [3.63, 3.8) is 0 Å². The van der Waals surface area contributed by atoms with Crippen molar-refractivity contribution >= 4 is 5.97 Å². The summed E-state index contributed by atoms with van der Waals surface area (Å²) in [7, 11) is 0. The van der Waals surface area contributed by atoms with E-state index in [2.05, 4.69) is 6.92 Å². The van der Waals surface area contributed by atoms with Crippen molar-refractivity contribution in [3.8, 4) is 0 Å². The van der Waals surface area contributed by atoms with Crippen LogP contribution in [0.25, 0.3) is 0 Å². The van der Waals surface area contributed by atoms with E-state index in [1.54, 1.807) is 0 Å². The molecule has 0 aromatic carbocycles. The minimum atomic E-state index is -0.125. The predicted molar refractivity (Wildman–Crippen MR) is 68.4 cm³/mol. The Kier molecular flexibility index (Phi) is 10.2. The molecule has 0 heterocycles. The summed E-state index contributed by atoms with van der Waals surface area (Å²) in [5, 5.41) is 0. The Bertz CT molecular complexity index is 207. The fraction of sp³-hybridized carbons (Fsp3) is 0.786. The monoisotopic (exact) mass is 226 g/mol. The third kappa shape index (κ3) is 7.49. The lowest BCUT2D eigenvalue weighted by molar-refractivity contribution is -0.139. The molecule has 0 aromatic rings. The summed E-state index contributed by atoms with van der Waals surface area (Å²) in [6.07, 6.45) is 9.56. The largest absolute Gasteiger partial charge is 0.462 e. The molecule has 0 saturated carbocycles. The number of allylic oxidation sites excluding steroid dienone is 1. The maximum absolute atomic E-state index is 11.6. The van der Waals surface area contributed by atoms with E-state index in [4.69, 9.17) is 4.74 Å². The van der Waals surface area contributed by atoms with Crippen molar-refractivity contribution in [2.24, 2.45) is 0 Å². The number of carbonyl (C=O) groups is 1. The third-order valence-corrected chi connectivity index (χ3v) is 2.57. The molecule has 0 saturated heterocycles. The summed E-state index contributed by atoms with van der Waals surface area (Å²) in [5.74, 6) is -0.125. The first-order chi connectivity index (χ1) is 7.76. The molecule has 0 N–H and O–H groups in total. The third-order valence-electron chi connectivity index (χ3n) is 2.57. The Morgan fingerprint density at radius 2 is 1.75 bits per heavy atom. The number of unbranched alkanes of at least 4 members (excludes halogenated alkanes) is 4. The van der Waals surface area contributed by atoms with Gasteiger partial charge in [-0.25, -0.2) is 4.79 Å². The van der Waals surface area contributed by atoms with Gasteiger partial charge in [0.05, 0.1) is 6.61 Å². The molecule has 0 radical (unpaired) electrons. The first-order valence-corrected chi connectivity index (χ1v) is 6.62. The minimum absolute atomic E-state index is 0.125. The molecule has 0 rings (SSSR count). The average Bonchev–Trinajstić information content (AvgIpc) is 2.30. The second-order valence-electron chi connectivity index (χ2n) is 4.04. The molecule has 0 aliphatic heterocycles. The first kappa shape index (κ1) is 15.2. The van der Waals surface area contributed by atoms with E-state index >= 15 is 0 Å². The molecular weight excluding hydrogens is 200 g/mol. The van der Waals surface area contributed by atoms with Crippen LogP contribution in [0.3, 0.4) is 0 Å². The molecule has 0 spiro atoms. The summed E-state index contributed by atoms with van der Waals surface area (Å²) in [6, 6.07) is 0. The van der Waals surface area contributed by atoms with E-state index in [1.807, 2.05) is 19.9 Å². The molecule has 2 nitrogen and oxygen atoms in total. The van der Waals surface area contributed by atoms with Crippen LogP contribution in [0.5, 0.6) is 0 Å². The fourth-order valence-corrected chi connectivity index (χ4v) is 1.58. The lowest BCUT2D eigenvalue weighted by Gasteiger charge is -2.06. The molecule has 0 unspecified atom stereocenters. The highest BCUT2D eigenvalue weighted by Crippen LogP contribution is 2.07. The second-order valence-corrected chi connectivity index (χ2v) is 4.04. The standard InChI is InChI=1S/C14H26O2/c1-4-7-8-9-10-12-16-14(15)13(6-3)11-5-2/h11H,4-10,12H2,1-3H3. The number of hydrogen-bond acceptors (Lipinski definition) is 2. The lowest BCUT2D eigenvalue weighted by atomic mass is 10.1. The van der Waals surface area contributed by atoms with E-state index in [0.29, 0.717) is 6.61 Å². The summed E-state index contributed by atoms with van der Waals surface area (Å²) in [4.78, 5) is 11.6. The van der Waals surface area contributed by atoms with Crippen molar-refractivity contribution in [1.82, 2.24) is 0 Å². The number of rotatable bonds is 9. The minimum Gasteiger partial charge on any atom is -0.462 e. The van der Waals surface area contributed by atoms with Gasteiger partial charge in [0.25, 0.3) is 0 Å². The summed E-state index contributed by atoms with van der Waals surface area (Å²) < 4.78 is 5.22. The zero-order valence-corrected chi connectivity index (χ0v) is 11.1. The van der Waals surface area contributed by atoms with Crippen LogP contribution in [0, 0.1) is 0 Å². The van der Waals surface area contributed by atoms with Crippen molar-refractivity contribution < 1.29 is 9.53 Å². The van der Waals surface area contributed by atoms with Crippen LogP contribution in [0.2, 0.25) is 0 Å². The normalized spacial score (nSPS) is 11.6. The Balaban J connectivity index is 3.60. The van der Waals surface area contributed by atoms with Crippen LogP contribution in [0.15, 0.2) is 11.6 Å². The van der Waals surface area contributed by atoms with Gasteiger partial charge in [-0.15, -0.1) is 0 Å². The van der Waals surface area contributed by atoms with E-state index in [0.717, 1.165) is 24.8 Å². The van der Waals surface area contributed by atoms with Crippen LogP contribution >= 0.6 is 0 Å². The Hall–Kier alpha value is -0.790. The van der Waals surface area contributed by atoms with Gasteiger partial charge in [-0.1, -0.05) is 52.5 Å². The van der Waals surface area contributed by atoms with Crippen molar-refractivity contribution in [2.75, 3.05) is 6.61 Å². The molecule has 0 atom stereocenters. The van der Waals surface area contributed by atoms with E-state index in [9.17, 15) is 4.79 Å². The zero-order chi connectivity index (χ0) is 12.2. The number of ether oxygens (including phenoxy) is 1. The molecule has 0 aromatic heterocycles. The maximum Gasteiger partial charge on any atom is 0.333 e. The summed E-state index contributed by atoms with van der Waals surface area (Å²) in [5.41, 5.74) is 0.816. The smallest absolute Gasteiger partial charge is 0.333 e. The van der Waals surface area contributed by atoms with Gasteiger partial charge in [-0.2, -0.15) is 0 Å². The van der Waals surface area contributed by atoms with Gasteiger partial charge in [-0.05, 0) is 19.3 Å². The van der Waals surface area contributed by atoms with Gasteiger partial charge in [0.1, 0.15) is 0 Å². The highest BCUT2D eigenvalue weighted by atomic mass is 16.5. The van der Waals surface area contributed by atoms with Crippen LogP contribution < -0.4 is 0 Å². The van der Waals surface area contributed by atoms with Crippen LogP contribution in [0.1, 0.15) is 65.7 Å². The molecular formula is C14H26O2. The Morgan fingerprint density at radius 1 is 1.06 bits per heavy atom. The van der Waals surface area contributed by atoms with E-state index in [-0.39, 0.29) is 5.97 Å². The van der Waals surface area contributed by atoms with Gasteiger partial charge in [0.15, 0.2) is 0 Å². The maximum atomic E-state index is 11.6. The predicted octanol–water partition coefficient (Wildman–Crippen LogP) is 4.25. The highest BCUT2D eigenvalue weighted by Gasteiger charge is 2.07. The van der Waals surface area contributed by atoms with E-state index < -0.39 is 0 Å². The summed E-state index contributed by atoms with van der Waals surface area (Å²) >= 11 is 0. The molecule has 16 heavy (non-hydrogen) atoms. The van der Waals surface area contributed by atoms with Crippen molar-refractivity contribution in [3.05, 3.63) is 11.6 Å². The zero-order valence-electron chi connectivity index (χ0n) is 11.1. The van der Waals surface area contributed by atoms with Gasteiger partial charge in [0.2, 0.25) is 0 Å². The van der Waals surface area contributed by atoms with Gasteiger partial charge in [-0.3, -0.25) is 0 Å². The first-order valence-electron chi connectivity index (χ1n) is 6.62. The van der Waals surface area contributed by atoms with Crippen molar-refractivity contribution in [1.29, 1.82) is 0 Å². The average molecular weight is 226 g/mol. The summed E-state index contributed by atoms with van der Waals surface area (Å²) in [6.45, 7) is 6.80. The Morgan fingerprint density at radius 3 is 2.31 bits per heavy atom. The molecule has 2 heteroatoms. The quantitative estimate of drug-likeness (QED) is 0.334. The van der Waals surface area contributed by atoms with Gasteiger partial charge >= 0.3 is 5.97 Å². The molecule has 0 bridgehead atoms. The number of hydrogen-bond donors (Lipinski definition) is 0. The molecule has 94 valence electrons. The number of esters is 1. The van der Waals surface area contributed by atoms with Gasteiger partial charge < -0.3 is 4.74 Å². The Labute approximate surface area is 100 Å². The van der Waals surface area contributed by atoms with Crippen LogP contribution in [-0.2, 0) is 9.53 Å². The second kappa shape index (κ2) is 10.7. The van der Waals surface area contributed by atoms with Crippen LogP contribution in [0.4, 0.5) is 0 Å². The topological polar surface area (TPSA) is 26.3 Å². The fourth-order valence-electron chi connectivity index (χ4n) is 1.58. The van der Waals surface area contributed by atoms with Crippen LogP contribution in [-0.4, -0.2) is 12.6 Å². The highest BCUT2D eigenvalue weighted by molar-refractivity contribution is 5.88. The van der Waals surface area contributed by atoms with E-state index in [1.165, 1.54) is 25.7 Å². The molecule has 0 fully saturated rings. The SMILES string of the molecule is CCC=C(CC)C(=O)OCCCCCCC. The van der Waals surface area contributed by atoms with Gasteiger partial charge in [0, 0.05) is 5.57 Å². The number of carbonyl (C=O) groups excluding carboxylic acids is 1. The molecule has 0 amide bonds. The van der Waals surface area contributed by atoms with Crippen molar-refractivity contribution in [2.45, 2.75) is 65.7 Å². The molecule has 0 aliphatic carbocycles.